The second-order valence-electron chi connectivity index (χ2n) is 3.40. The Bertz CT molecular complexity index is 318. The van der Waals surface area contributed by atoms with Crippen LogP contribution in [0.2, 0.25) is 5.02 Å². The molecule has 0 bridgehead atoms. The molecular formula is C12H16BrClO2. The fraction of sp³-hybridized carbons (Fsp3) is 0.500. The van der Waals surface area contributed by atoms with Crippen molar-refractivity contribution in [3.8, 4) is 5.75 Å². The fourth-order valence-electron chi connectivity index (χ4n) is 1.33. The largest absolute Gasteiger partial charge is 0.493 e. The normalized spacial score (nSPS) is 10.4. The topological polar surface area (TPSA) is 18.5 Å². The maximum Gasteiger partial charge on any atom is 0.124 e. The highest BCUT2D eigenvalue weighted by molar-refractivity contribution is 9.08. The minimum atomic E-state index is 0.698. The zero-order valence-electron chi connectivity index (χ0n) is 9.34. The molecular weight excluding hydrogens is 291 g/mol. The quantitative estimate of drug-likeness (QED) is 0.559. The lowest BCUT2D eigenvalue weighted by Crippen LogP contribution is -2.01. The third-order valence-corrected chi connectivity index (χ3v) is 3.12. The molecule has 0 saturated heterocycles. The first kappa shape index (κ1) is 13.8. The van der Waals surface area contributed by atoms with Gasteiger partial charge in [0.15, 0.2) is 0 Å². The Morgan fingerprint density at radius 2 is 2.00 bits per heavy atom. The summed E-state index contributed by atoms with van der Waals surface area (Å²) >= 11 is 9.47. The molecule has 4 heteroatoms. The van der Waals surface area contributed by atoms with Crippen LogP contribution in [0.1, 0.15) is 18.4 Å². The number of ether oxygens (including phenoxy) is 2. The van der Waals surface area contributed by atoms with Crippen molar-refractivity contribution >= 4 is 27.5 Å². The third kappa shape index (κ3) is 4.32. The molecule has 0 fully saturated rings. The first-order valence-corrected chi connectivity index (χ1v) is 6.74. The van der Waals surface area contributed by atoms with E-state index in [1.54, 1.807) is 7.11 Å². The average Bonchev–Trinajstić information content (AvgIpc) is 2.29. The standard InChI is InChI=1S/C12H16BrClO2/c1-15-7-2-3-8-16-12-6-4-5-11(14)10(12)9-13/h4-6H,2-3,7-9H2,1H3. The van der Waals surface area contributed by atoms with Gasteiger partial charge in [-0.15, -0.1) is 0 Å². The van der Waals surface area contributed by atoms with Gasteiger partial charge in [0.1, 0.15) is 5.75 Å². The Morgan fingerprint density at radius 1 is 1.25 bits per heavy atom. The summed E-state index contributed by atoms with van der Waals surface area (Å²) in [7, 11) is 1.71. The van der Waals surface area contributed by atoms with Gasteiger partial charge in [0.25, 0.3) is 0 Å². The predicted octanol–water partition coefficient (Wildman–Crippen LogP) is 4.04. The summed E-state index contributed by atoms with van der Waals surface area (Å²) in [6, 6.07) is 5.72. The van der Waals surface area contributed by atoms with E-state index in [1.165, 1.54) is 0 Å². The Morgan fingerprint density at radius 3 is 2.69 bits per heavy atom. The van der Waals surface area contributed by atoms with Crippen LogP contribution in [0.4, 0.5) is 0 Å². The summed E-state index contributed by atoms with van der Waals surface area (Å²) in [5.41, 5.74) is 1.01. The molecule has 0 amide bonds. The number of alkyl halides is 1. The molecule has 0 spiro atoms. The van der Waals surface area contributed by atoms with E-state index in [9.17, 15) is 0 Å². The van der Waals surface area contributed by atoms with Crippen LogP contribution in [0.3, 0.4) is 0 Å². The molecule has 0 aliphatic rings. The Balaban J connectivity index is 2.44. The van der Waals surface area contributed by atoms with E-state index < -0.39 is 0 Å². The summed E-state index contributed by atoms with van der Waals surface area (Å²) in [5, 5.41) is 1.45. The van der Waals surface area contributed by atoms with Gasteiger partial charge >= 0.3 is 0 Å². The van der Waals surface area contributed by atoms with Gasteiger partial charge in [-0.25, -0.2) is 0 Å². The van der Waals surface area contributed by atoms with Crippen LogP contribution < -0.4 is 4.74 Å². The smallest absolute Gasteiger partial charge is 0.124 e. The lowest BCUT2D eigenvalue weighted by atomic mass is 10.2. The van der Waals surface area contributed by atoms with Crippen LogP contribution in [0, 0.1) is 0 Å². The van der Waals surface area contributed by atoms with E-state index in [-0.39, 0.29) is 0 Å². The molecule has 0 heterocycles. The van der Waals surface area contributed by atoms with Gasteiger partial charge in [-0.3, -0.25) is 0 Å². The monoisotopic (exact) mass is 306 g/mol. The molecule has 0 atom stereocenters. The summed E-state index contributed by atoms with van der Waals surface area (Å²) in [6.07, 6.45) is 2.00. The summed E-state index contributed by atoms with van der Waals surface area (Å²) in [5.74, 6) is 0.863. The van der Waals surface area contributed by atoms with Gasteiger partial charge in [0.2, 0.25) is 0 Å². The molecule has 90 valence electrons. The number of methoxy groups -OCH3 is 1. The lowest BCUT2D eigenvalue weighted by Gasteiger charge is -2.10. The number of hydrogen-bond acceptors (Lipinski definition) is 2. The van der Waals surface area contributed by atoms with E-state index in [2.05, 4.69) is 15.9 Å². The molecule has 2 nitrogen and oxygen atoms in total. The van der Waals surface area contributed by atoms with Crippen molar-refractivity contribution in [2.24, 2.45) is 0 Å². The molecule has 1 aromatic carbocycles. The van der Waals surface area contributed by atoms with Crippen molar-refractivity contribution in [3.05, 3.63) is 28.8 Å². The maximum atomic E-state index is 6.06. The van der Waals surface area contributed by atoms with Gasteiger partial charge in [-0.2, -0.15) is 0 Å². The van der Waals surface area contributed by atoms with Gasteiger partial charge in [-0.05, 0) is 25.0 Å². The predicted molar refractivity (Wildman–Crippen MR) is 70.7 cm³/mol. The molecule has 1 aromatic rings. The van der Waals surface area contributed by atoms with Crippen LogP contribution >= 0.6 is 27.5 Å². The Labute approximate surface area is 110 Å². The van der Waals surface area contributed by atoms with E-state index in [1.807, 2.05) is 18.2 Å². The number of halogens is 2. The maximum absolute atomic E-state index is 6.06. The molecule has 0 aliphatic heterocycles. The zero-order valence-corrected chi connectivity index (χ0v) is 11.7. The van der Waals surface area contributed by atoms with Crippen molar-refractivity contribution in [2.45, 2.75) is 18.2 Å². The molecule has 0 N–H and O–H groups in total. The Hall–Kier alpha value is -0.250. The number of hydrogen-bond donors (Lipinski definition) is 0. The SMILES string of the molecule is COCCCCOc1cccc(Cl)c1CBr. The highest BCUT2D eigenvalue weighted by atomic mass is 79.9. The van der Waals surface area contributed by atoms with E-state index >= 15 is 0 Å². The van der Waals surface area contributed by atoms with E-state index in [4.69, 9.17) is 21.1 Å². The summed E-state index contributed by atoms with van der Waals surface area (Å²) < 4.78 is 10.7. The number of rotatable bonds is 7. The van der Waals surface area contributed by atoms with Gasteiger partial charge < -0.3 is 9.47 Å². The fourth-order valence-corrected chi connectivity index (χ4v) is 2.31. The van der Waals surface area contributed by atoms with E-state index in [0.717, 1.165) is 35.8 Å². The molecule has 1 rings (SSSR count). The summed E-state index contributed by atoms with van der Waals surface area (Å²) in [4.78, 5) is 0. The van der Waals surface area contributed by atoms with Crippen LogP contribution in [0.5, 0.6) is 5.75 Å². The summed E-state index contributed by atoms with van der Waals surface area (Å²) in [6.45, 7) is 1.48. The molecule has 0 saturated carbocycles. The van der Waals surface area contributed by atoms with Crippen molar-refractivity contribution in [2.75, 3.05) is 20.3 Å². The lowest BCUT2D eigenvalue weighted by molar-refractivity contribution is 0.184. The first-order chi connectivity index (χ1) is 7.79. The van der Waals surface area contributed by atoms with E-state index in [0.29, 0.717) is 11.9 Å². The van der Waals surface area contributed by atoms with Crippen LogP contribution in [0.15, 0.2) is 18.2 Å². The second-order valence-corrected chi connectivity index (χ2v) is 4.37. The van der Waals surface area contributed by atoms with Crippen LogP contribution in [-0.4, -0.2) is 20.3 Å². The van der Waals surface area contributed by atoms with Gasteiger partial charge in [-0.1, -0.05) is 33.6 Å². The Kier molecular flexibility index (Phi) is 6.85. The van der Waals surface area contributed by atoms with Gasteiger partial charge in [0, 0.05) is 29.6 Å². The van der Waals surface area contributed by atoms with Crippen molar-refractivity contribution in [3.63, 3.8) is 0 Å². The number of benzene rings is 1. The van der Waals surface area contributed by atoms with Gasteiger partial charge in [0.05, 0.1) is 6.61 Å². The van der Waals surface area contributed by atoms with Crippen molar-refractivity contribution in [1.82, 2.24) is 0 Å². The molecule has 0 aromatic heterocycles. The third-order valence-electron chi connectivity index (χ3n) is 2.21. The minimum absolute atomic E-state index is 0.698. The zero-order chi connectivity index (χ0) is 11.8. The first-order valence-electron chi connectivity index (χ1n) is 5.24. The van der Waals surface area contributed by atoms with Crippen LogP contribution in [-0.2, 0) is 10.1 Å². The highest BCUT2D eigenvalue weighted by Gasteiger charge is 2.06. The minimum Gasteiger partial charge on any atom is -0.493 e. The number of unbranched alkanes of at least 4 members (excludes halogenated alkanes) is 1. The molecule has 16 heavy (non-hydrogen) atoms. The second kappa shape index (κ2) is 7.93. The highest BCUT2D eigenvalue weighted by Crippen LogP contribution is 2.28. The molecule has 0 radical (unpaired) electrons. The van der Waals surface area contributed by atoms with Crippen molar-refractivity contribution in [1.29, 1.82) is 0 Å². The molecule has 0 unspecified atom stereocenters. The van der Waals surface area contributed by atoms with Crippen molar-refractivity contribution < 1.29 is 9.47 Å². The molecule has 0 aliphatic carbocycles. The average molecular weight is 308 g/mol. The van der Waals surface area contributed by atoms with Crippen LogP contribution in [0.25, 0.3) is 0 Å².